The van der Waals surface area contributed by atoms with Gasteiger partial charge in [0.2, 0.25) is 5.95 Å². The van der Waals surface area contributed by atoms with E-state index in [0.29, 0.717) is 51.5 Å². The van der Waals surface area contributed by atoms with Crippen LogP contribution in [-0.2, 0) is 6.54 Å². The van der Waals surface area contributed by atoms with Crippen molar-refractivity contribution in [2.24, 2.45) is 0 Å². The maximum atomic E-state index is 13.1. The summed E-state index contributed by atoms with van der Waals surface area (Å²) in [6, 6.07) is 13.7. The van der Waals surface area contributed by atoms with Crippen molar-refractivity contribution in [3.05, 3.63) is 77.7 Å². The van der Waals surface area contributed by atoms with Crippen LogP contribution in [0.15, 0.2) is 60.8 Å². The van der Waals surface area contributed by atoms with Gasteiger partial charge in [-0.1, -0.05) is 12.1 Å². The van der Waals surface area contributed by atoms with Crippen LogP contribution in [0.1, 0.15) is 29.8 Å². The molecule has 2 aromatic carbocycles. The van der Waals surface area contributed by atoms with E-state index in [0.717, 1.165) is 11.3 Å². The molecule has 0 saturated carbocycles. The first-order valence-corrected chi connectivity index (χ1v) is 14.8. The number of anilines is 3. The minimum Gasteiger partial charge on any atom is -0.482 e. The van der Waals surface area contributed by atoms with Crippen LogP contribution in [0.25, 0.3) is 5.65 Å². The monoisotopic (exact) mass is 642 g/mol. The Bertz CT molecular complexity index is 1670. The number of hydrogen-bond donors (Lipinski definition) is 2. The van der Waals surface area contributed by atoms with Crippen LogP contribution in [0, 0.1) is 5.82 Å². The zero-order chi connectivity index (χ0) is 32.8. The molecule has 15 heteroatoms. The maximum Gasteiger partial charge on any atom is 0.422 e. The standard InChI is InChI=1S/C31H34F4N8O3/c1-3-40(4-2)28(44)22-7-11-25(26(17-22)46-20-31(33,34)35)37-29-38-27-12-10-24(19-43(27)39-29)41-13-15-42(16-14-41)30(45)36-18-21-5-8-23(32)9-6-21/h5-12,17,19H,3-4,13-16,18,20H2,1-2H3,(H,36,45)(H,37,39). The van der Waals surface area contributed by atoms with Crippen LogP contribution >= 0.6 is 0 Å². The highest BCUT2D eigenvalue weighted by atomic mass is 19.4. The quantitative estimate of drug-likeness (QED) is 0.233. The number of rotatable bonds is 10. The number of piperazine rings is 1. The summed E-state index contributed by atoms with van der Waals surface area (Å²) in [6.45, 7) is 5.44. The van der Waals surface area contributed by atoms with Gasteiger partial charge < -0.3 is 30.1 Å². The average Bonchev–Trinajstić information content (AvgIpc) is 3.45. The predicted molar refractivity (Wildman–Crippen MR) is 164 cm³/mol. The van der Waals surface area contributed by atoms with Gasteiger partial charge in [-0.05, 0) is 61.9 Å². The highest BCUT2D eigenvalue weighted by Gasteiger charge is 2.29. The molecule has 2 aromatic heterocycles. The van der Waals surface area contributed by atoms with Gasteiger partial charge in [0.25, 0.3) is 5.91 Å². The molecule has 1 saturated heterocycles. The van der Waals surface area contributed by atoms with Crippen molar-refractivity contribution in [1.82, 2.24) is 29.7 Å². The number of amides is 3. The molecule has 46 heavy (non-hydrogen) atoms. The molecule has 1 aliphatic heterocycles. The molecule has 0 aliphatic carbocycles. The Morgan fingerprint density at radius 2 is 1.70 bits per heavy atom. The molecule has 0 bridgehead atoms. The number of hydrogen-bond acceptors (Lipinski definition) is 7. The van der Waals surface area contributed by atoms with Crippen molar-refractivity contribution in [3.63, 3.8) is 0 Å². The molecular formula is C31H34F4N8O3. The van der Waals surface area contributed by atoms with Gasteiger partial charge in [0, 0.05) is 51.4 Å². The summed E-state index contributed by atoms with van der Waals surface area (Å²) in [7, 11) is 0. The van der Waals surface area contributed by atoms with Gasteiger partial charge in [-0.15, -0.1) is 5.10 Å². The number of halogens is 4. The largest absolute Gasteiger partial charge is 0.482 e. The zero-order valence-corrected chi connectivity index (χ0v) is 25.4. The third kappa shape index (κ3) is 7.95. The van der Waals surface area contributed by atoms with Crippen molar-refractivity contribution in [2.75, 3.05) is 56.1 Å². The Balaban J connectivity index is 1.24. The zero-order valence-electron chi connectivity index (χ0n) is 25.4. The molecule has 3 heterocycles. The number of aromatic nitrogens is 3. The molecule has 11 nitrogen and oxygen atoms in total. The summed E-state index contributed by atoms with van der Waals surface area (Å²) < 4.78 is 58.8. The molecule has 244 valence electrons. The van der Waals surface area contributed by atoms with Crippen LogP contribution in [0.2, 0.25) is 0 Å². The topological polar surface area (TPSA) is 107 Å². The van der Waals surface area contributed by atoms with E-state index in [1.54, 1.807) is 38.7 Å². The number of nitrogens with one attached hydrogen (secondary N) is 2. The second-order valence-electron chi connectivity index (χ2n) is 10.6. The molecule has 2 N–H and O–H groups in total. The summed E-state index contributed by atoms with van der Waals surface area (Å²) >= 11 is 0. The Morgan fingerprint density at radius 1 is 0.978 bits per heavy atom. The average molecular weight is 643 g/mol. The fourth-order valence-corrected chi connectivity index (χ4v) is 5.02. The van der Waals surface area contributed by atoms with Gasteiger partial charge in [-0.2, -0.15) is 18.2 Å². The lowest BCUT2D eigenvalue weighted by Gasteiger charge is -2.36. The highest BCUT2D eigenvalue weighted by Crippen LogP contribution is 2.31. The number of ether oxygens (including phenoxy) is 1. The summed E-state index contributed by atoms with van der Waals surface area (Å²) in [5.74, 6) is -0.687. The molecule has 0 radical (unpaired) electrons. The first-order chi connectivity index (χ1) is 22.0. The second kappa shape index (κ2) is 13.9. The van der Waals surface area contributed by atoms with E-state index in [4.69, 9.17) is 4.74 Å². The van der Waals surface area contributed by atoms with Crippen molar-refractivity contribution in [3.8, 4) is 5.75 Å². The number of pyridine rings is 1. The fourth-order valence-electron chi connectivity index (χ4n) is 5.02. The van der Waals surface area contributed by atoms with Gasteiger partial charge >= 0.3 is 12.2 Å². The van der Waals surface area contributed by atoms with Gasteiger partial charge in [-0.25, -0.2) is 13.7 Å². The molecule has 1 fully saturated rings. The predicted octanol–water partition coefficient (Wildman–Crippen LogP) is 5.07. The lowest BCUT2D eigenvalue weighted by molar-refractivity contribution is -0.153. The van der Waals surface area contributed by atoms with Crippen LogP contribution in [-0.4, -0.2) is 88.4 Å². The van der Waals surface area contributed by atoms with Crippen molar-refractivity contribution >= 4 is 34.9 Å². The number of alkyl halides is 3. The van der Waals surface area contributed by atoms with E-state index in [9.17, 15) is 27.2 Å². The fraction of sp³-hybridized carbons (Fsp3) is 0.355. The van der Waals surface area contributed by atoms with Crippen LogP contribution in [0.3, 0.4) is 0 Å². The number of carbonyl (C=O) groups is 2. The van der Waals surface area contributed by atoms with Gasteiger partial charge in [0.1, 0.15) is 11.6 Å². The molecule has 0 unspecified atom stereocenters. The van der Waals surface area contributed by atoms with Gasteiger partial charge in [-0.3, -0.25) is 4.79 Å². The Kier molecular flexibility index (Phi) is 9.78. The molecule has 4 aromatic rings. The van der Waals surface area contributed by atoms with Gasteiger partial charge in [0.05, 0.1) is 17.6 Å². The Hall–Kier alpha value is -5.08. The summed E-state index contributed by atoms with van der Waals surface area (Å²) in [4.78, 5) is 35.3. The smallest absolute Gasteiger partial charge is 0.422 e. The van der Waals surface area contributed by atoms with Crippen molar-refractivity contribution in [1.29, 1.82) is 0 Å². The number of fused-ring (bicyclic) bond motifs is 1. The third-order valence-corrected chi connectivity index (χ3v) is 7.52. The van der Waals surface area contributed by atoms with Crippen molar-refractivity contribution < 1.29 is 31.9 Å². The van der Waals surface area contributed by atoms with E-state index in [1.165, 1.54) is 30.3 Å². The summed E-state index contributed by atoms with van der Waals surface area (Å²) in [6.07, 6.45) is -2.79. The first-order valence-electron chi connectivity index (χ1n) is 14.8. The minimum atomic E-state index is -4.58. The summed E-state index contributed by atoms with van der Waals surface area (Å²) in [5.41, 5.74) is 2.52. The summed E-state index contributed by atoms with van der Waals surface area (Å²) in [5, 5.41) is 10.2. The van der Waals surface area contributed by atoms with E-state index in [1.807, 2.05) is 19.9 Å². The van der Waals surface area contributed by atoms with E-state index in [-0.39, 0.29) is 40.7 Å². The van der Waals surface area contributed by atoms with Crippen molar-refractivity contribution in [2.45, 2.75) is 26.6 Å². The van der Waals surface area contributed by atoms with E-state index >= 15 is 0 Å². The molecule has 1 aliphatic rings. The third-order valence-electron chi connectivity index (χ3n) is 7.52. The molecule has 0 atom stereocenters. The number of benzene rings is 2. The first kappa shape index (κ1) is 32.3. The van der Waals surface area contributed by atoms with Crippen LogP contribution in [0.4, 0.5) is 39.7 Å². The normalized spacial score (nSPS) is 13.5. The number of urea groups is 1. The van der Waals surface area contributed by atoms with E-state index < -0.39 is 12.8 Å². The number of nitrogens with zero attached hydrogens (tertiary/aromatic N) is 6. The Labute approximate surface area is 262 Å². The highest BCUT2D eigenvalue weighted by molar-refractivity contribution is 5.95. The van der Waals surface area contributed by atoms with Crippen LogP contribution in [0.5, 0.6) is 5.75 Å². The van der Waals surface area contributed by atoms with E-state index in [2.05, 4.69) is 25.6 Å². The molecule has 5 rings (SSSR count). The maximum absolute atomic E-state index is 13.1. The molecule has 3 amide bonds. The molecular weight excluding hydrogens is 608 g/mol. The second-order valence-corrected chi connectivity index (χ2v) is 10.6. The van der Waals surface area contributed by atoms with Gasteiger partial charge in [0.15, 0.2) is 12.3 Å². The van der Waals surface area contributed by atoms with Crippen LogP contribution < -0.4 is 20.3 Å². The lowest BCUT2D eigenvalue weighted by atomic mass is 10.1. The molecule has 0 spiro atoms. The Morgan fingerprint density at radius 3 is 2.37 bits per heavy atom. The number of carbonyl (C=O) groups excluding carboxylic acids is 2. The minimum absolute atomic E-state index is 0.125. The lowest BCUT2D eigenvalue weighted by Crippen LogP contribution is -2.51. The SMILES string of the molecule is CCN(CC)C(=O)c1ccc(Nc2nc3ccc(N4CCN(C(=O)NCc5ccc(F)cc5)CC4)cn3n2)c(OCC(F)(F)F)c1.